The molecule has 1 heterocycles. The van der Waals surface area contributed by atoms with E-state index in [0.717, 1.165) is 23.9 Å². The summed E-state index contributed by atoms with van der Waals surface area (Å²) in [5.74, 6) is 0.0188. The fourth-order valence-corrected chi connectivity index (χ4v) is 1.70. The maximum atomic E-state index is 10.7. The lowest BCUT2D eigenvalue weighted by Crippen LogP contribution is -2.22. The minimum absolute atomic E-state index is 0.0188. The Morgan fingerprint density at radius 1 is 1.44 bits per heavy atom. The highest BCUT2D eigenvalue weighted by Gasteiger charge is 2.00. The molecule has 2 rings (SSSR count). The molecule has 0 aliphatic rings. The first kappa shape index (κ1) is 10.7. The van der Waals surface area contributed by atoms with Gasteiger partial charge in [0.05, 0.1) is 11.7 Å². The first-order valence-corrected chi connectivity index (χ1v) is 5.42. The second-order valence-electron chi connectivity index (χ2n) is 3.76. The van der Waals surface area contributed by atoms with E-state index < -0.39 is 0 Å². The zero-order valence-corrected chi connectivity index (χ0v) is 9.31. The molecule has 0 spiro atoms. The van der Waals surface area contributed by atoms with Crippen LogP contribution in [0, 0.1) is 0 Å². The van der Waals surface area contributed by atoms with Crippen molar-refractivity contribution < 1.29 is 4.79 Å². The van der Waals surface area contributed by atoms with E-state index in [9.17, 15) is 4.79 Å². The molecular formula is C12H15N3O. The van der Waals surface area contributed by atoms with Crippen molar-refractivity contribution in [2.75, 3.05) is 6.54 Å². The molecule has 0 unspecified atom stereocenters. The van der Waals surface area contributed by atoms with E-state index >= 15 is 0 Å². The van der Waals surface area contributed by atoms with Gasteiger partial charge in [0.15, 0.2) is 0 Å². The Bertz CT molecular complexity index is 490. The Hall–Kier alpha value is -1.84. The number of carbonyl (C=O) groups excluding carboxylic acids is 1. The van der Waals surface area contributed by atoms with Gasteiger partial charge >= 0.3 is 0 Å². The third-order valence-corrected chi connectivity index (χ3v) is 2.47. The van der Waals surface area contributed by atoms with Gasteiger partial charge in [-0.05, 0) is 12.5 Å². The van der Waals surface area contributed by atoms with Crippen LogP contribution in [-0.4, -0.2) is 22.2 Å². The van der Waals surface area contributed by atoms with Crippen molar-refractivity contribution in [1.29, 1.82) is 0 Å². The molecule has 1 aromatic carbocycles. The maximum absolute atomic E-state index is 10.7. The number of carbonyl (C=O) groups is 1. The van der Waals surface area contributed by atoms with Gasteiger partial charge in [0, 0.05) is 25.4 Å². The molecule has 1 aromatic heterocycles. The van der Waals surface area contributed by atoms with Crippen molar-refractivity contribution in [2.24, 2.45) is 0 Å². The zero-order valence-electron chi connectivity index (χ0n) is 9.31. The van der Waals surface area contributed by atoms with Crippen molar-refractivity contribution in [2.45, 2.75) is 19.9 Å². The van der Waals surface area contributed by atoms with E-state index in [4.69, 9.17) is 0 Å². The third kappa shape index (κ3) is 2.39. The summed E-state index contributed by atoms with van der Waals surface area (Å²) in [5, 5.41) is 8.25. The van der Waals surface area contributed by atoms with Gasteiger partial charge in [-0.1, -0.05) is 18.2 Å². The number of benzene rings is 1. The highest BCUT2D eigenvalue weighted by Crippen LogP contribution is 2.12. The summed E-state index contributed by atoms with van der Waals surface area (Å²) in [6.45, 7) is 3.06. The molecule has 0 radical (unpaired) electrons. The van der Waals surface area contributed by atoms with Gasteiger partial charge in [0.1, 0.15) is 0 Å². The van der Waals surface area contributed by atoms with E-state index in [1.165, 1.54) is 6.92 Å². The predicted octanol–water partition coefficient (Wildman–Crippen LogP) is 1.56. The molecule has 0 bridgehead atoms. The number of nitrogens with zero attached hydrogens (tertiary/aromatic N) is 2. The van der Waals surface area contributed by atoms with Crippen LogP contribution in [0.5, 0.6) is 0 Å². The van der Waals surface area contributed by atoms with E-state index in [-0.39, 0.29) is 5.91 Å². The normalized spacial score (nSPS) is 10.6. The van der Waals surface area contributed by atoms with Crippen LogP contribution in [0.15, 0.2) is 30.5 Å². The molecule has 4 heteroatoms. The second kappa shape index (κ2) is 4.79. The molecule has 0 saturated carbocycles. The summed E-state index contributed by atoms with van der Waals surface area (Å²) < 4.78 is 1.97. The van der Waals surface area contributed by atoms with Gasteiger partial charge in [-0.2, -0.15) is 5.10 Å². The largest absolute Gasteiger partial charge is 0.356 e. The molecule has 1 amide bonds. The summed E-state index contributed by atoms with van der Waals surface area (Å²) in [7, 11) is 0. The second-order valence-corrected chi connectivity index (χ2v) is 3.76. The molecule has 0 atom stereocenters. The SMILES string of the molecule is CC(=O)NCCCn1ncc2ccccc21. The van der Waals surface area contributed by atoms with Crippen LogP contribution < -0.4 is 5.32 Å². The lowest BCUT2D eigenvalue weighted by molar-refractivity contribution is -0.118. The standard InChI is InChI=1S/C12H15N3O/c1-10(16)13-7-4-8-15-12-6-3-2-5-11(12)9-14-15/h2-3,5-6,9H,4,7-8H2,1H3,(H,13,16). The van der Waals surface area contributed by atoms with Crippen molar-refractivity contribution in [3.05, 3.63) is 30.5 Å². The zero-order chi connectivity index (χ0) is 11.4. The minimum atomic E-state index is 0.0188. The number of aryl methyl sites for hydroxylation is 1. The Morgan fingerprint density at radius 3 is 3.06 bits per heavy atom. The van der Waals surface area contributed by atoms with Gasteiger partial charge in [0.2, 0.25) is 5.91 Å². The monoisotopic (exact) mass is 217 g/mol. The summed E-state index contributed by atoms with van der Waals surface area (Å²) in [6, 6.07) is 8.12. The van der Waals surface area contributed by atoms with Crippen LogP contribution in [0.3, 0.4) is 0 Å². The molecule has 1 N–H and O–H groups in total. The predicted molar refractivity (Wildman–Crippen MR) is 63.0 cm³/mol. The molecular weight excluding hydrogens is 202 g/mol. The van der Waals surface area contributed by atoms with Crippen LogP contribution in [0.1, 0.15) is 13.3 Å². The van der Waals surface area contributed by atoms with Gasteiger partial charge in [-0.15, -0.1) is 0 Å². The topological polar surface area (TPSA) is 46.9 Å². The number of nitrogens with one attached hydrogen (secondary N) is 1. The Balaban J connectivity index is 1.97. The fraction of sp³-hybridized carbons (Fsp3) is 0.333. The van der Waals surface area contributed by atoms with E-state index in [1.807, 2.05) is 29.1 Å². The average molecular weight is 217 g/mol. The van der Waals surface area contributed by atoms with Crippen molar-refractivity contribution in [3.63, 3.8) is 0 Å². The van der Waals surface area contributed by atoms with Gasteiger partial charge in [-0.25, -0.2) is 0 Å². The van der Waals surface area contributed by atoms with Gasteiger partial charge in [-0.3, -0.25) is 9.48 Å². The van der Waals surface area contributed by atoms with E-state index in [2.05, 4.69) is 16.5 Å². The van der Waals surface area contributed by atoms with Crippen LogP contribution in [0.2, 0.25) is 0 Å². The molecule has 84 valence electrons. The van der Waals surface area contributed by atoms with E-state index in [0.29, 0.717) is 6.54 Å². The minimum Gasteiger partial charge on any atom is -0.356 e. The fourth-order valence-electron chi connectivity index (χ4n) is 1.70. The highest BCUT2D eigenvalue weighted by atomic mass is 16.1. The number of para-hydroxylation sites is 1. The number of hydrogen-bond donors (Lipinski definition) is 1. The third-order valence-electron chi connectivity index (χ3n) is 2.47. The number of aromatic nitrogens is 2. The summed E-state index contributed by atoms with van der Waals surface area (Å²) >= 11 is 0. The number of amides is 1. The summed E-state index contributed by atoms with van der Waals surface area (Å²) in [5.41, 5.74) is 1.14. The number of hydrogen-bond acceptors (Lipinski definition) is 2. The van der Waals surface area contributed by atoms with Crippen molar-refractivity contribution in [1.82, 2.24) is 15.1 Å². The Morgan fingerprint density at radius 2 is 2.25 bits per heavy atom. The molecule has 0 saturated heterocycles. The van der Waals surface area contributed by atoms with E-state index in [1.54, 1.807) is 0 Å². The van der Waals surface area contributed by atoms with Crippen molar-refractivity contribution in [3.8, 4) is 0 Å². The number of rotatable bonds is 4. The maximum Gasteiger partial charge on any atom is 0.216 e. The Kier molecular flexibility index (Phi) is 3.19. The molecule has 0 aliphatic carbocycles. The average Bonchev–Trinajstić information content (AvgIpc) is 2.68. The Labute approximate surface area is 94.3 Å². The number of fused-ring (bicyclic) bond motifs is 1. The molecule has 4 nitrogen and oxygen atoms in total. The van der Waals surface area contributed by atoms with Crippen molar-refractivity contribution >= 4 is 16.8 Å². The first-order valence-electron chi connectivity index (χ1n) is 5.42. The smallest absolute Gasteiger partial charge is 0.216 e. The molecule has 0 aliphatic heterocycles. The van der Waals surface area contributed by atoms with Crippen LogP contribution in [0.25, 0.3) is 10.9 Å². The van der Waals surface area contributed by atoms with Crippen LogP contribution in [-0.2, 0) is 11.3 Å². The van der Waals surface area contributed by atoms with Gasteiger partial charge in [0.25, 0.3) is 0 Å². The van der Waals surface area contributed by atoms with Crippen LogP contribution in [0.4, 0.5) is 0 Å². The lowest BCUT2D eigenvalue weighted by Gasteiger charge is -2.04. The van der Waals surface area contributed by atoms with Crippen LogP contribution >= 0.6 is 0 Å². The molecule has 16 heavy (non-hydrogen) atoms. The first-order chi connectivity index (χ1) is 7.77. The quantitative estimate of drug-likeness (QED) is 0.790. The highest BCUT2D eigenvalue weighted by molar-refractivity contribution is 5.78. The molecule has 2 aromatic rings. The lowest BCUT2D eigenvalue weighted by atomic mass is 10.2. The summed E-state index contributed by atoms with van der Waals surface area (Å²) in [4.78, 5) is 10.7. The molecule has 0 fully saturated rings. The summed E-state index contributed by atoms with van der Waals surface area (Å²) in [6.07, 6.45) is 2.76. The van der Waals surface area contributed by atoms with Gasteiger partial charge < -0.3 is 5.32 Å².